The first-order valence-corrected chi connectivity index (χ1v) is 8.07. The summed E-state index contributed by atoms with van der Waals surface area (Å²) in [6.45, 7) is 12.0. The highest BCUT2D eigenvalue weighted by atomic mass is 32.2. The average molecular weight is 278 g/mol. The molecule has 0 spiro atoms. The lowest BCUT2D eigenvalue weighted by molar-refractivity contribution is 0.192. The van der Waals surface area contributed by atoms with E-state index in [9.17, 15) is 0 Å². The Kier molecular flexibility index (Phi) is 4.59. The third-order valence-corrected chi connectivity index (χ3v) is 5.33. The summed E-state index contributed by atoms with van der Waals surface area (Å²) < 4.78 is 0.339. The molecule has 1 atom stereocenters. The molecule has 2 rings (SSSR count). The van der Waals surface area contributed by atoms with Crippen LogP contribution < -0.4 is 5.73 Å². The fraction of sp³-hybridized carbons (Fsp3) is 0.625. The molecule has 0 aliphatic carbocycles. The Hall–Kier alpha value is -0.510. The van der Waals surface area contributed by atoms with Gasteiger partial charge in [-0.3, -0.25) is 4.90 Å². The molecule has 1 heterocycles. The second kappa shape index (κ2) is 5.86. The smallest absolute Gasteiger partial charge is 0.0471 e. The molecular formula is C16H26N2S. The number of nitrogens with two attached hydrogens (primary N) is 1. The second-order valence-electron chi connectivity index (χ2n) is 6.17. The fourth-order valence-electron chi connectivity index (χ4n) is 2.79. The van der Waals surface area contributed by atoms with Gasteiger partial charge >= 0.3 is 0 Å². The third-order valence-electron chi connectivity index (χ3n) is 4.03. The molecule has 0 saturated carbocycles. The zero-order chi connectivity index (χ0) is 14.0. The molecule has 1 saturated heterocycles. The number of nitrogens with zero attached hydrogens (tertiary/aromatic N) is 1. The van der Waals surface area contributed by atoms with Crippen molar-refractivity contribution in [3.05, 3.63) is 34.9 Å². The van der Waals surface area contributed by atoms with E-state index in [1.54, 1.807) is 0 Å². The molecule has 1 fully saturated rings. The van der Waals surface area contributed by atoms with Crippen LogP contribution in [0, 0.1) is 13.8 Å². The number of rotatable bonds is 3. The molecule has 0 bridgehead atoms. The molecule has 0 aromatic heterocycles. The van der Waals surface area contributed by atoms with Gasteiger partial charge < -0.3 is 5.73 Å². The van der Waals surface area contributed by atoms with Crippen molar-refractivity contribution in [2.45, 2.75) is 38.5 Å². The largest absolute Gasteiger partial charge is 0.329 e. The van der Waals surface area contributed by atoms with Gasteiger partial charge in [0.05, 0.1) is 0 Å². The summed E-state index contributed by atoms with van der Waals surface area (Å²) in [6, 6.07) is 7.13. The third kappa shape index (κ3) is 3.53. The lowest BCUT2D eigenvalue weighted by Gasteiger charge is -2.41. The van der Waals surface area contributed by atoms with E-state index in [2.05, 4.69) is 62.6 Å². The van der Waals surface area contributed by atoms with Gasteiger partial charge in [-0.25, -0.2) is 0 Å². The summed E-state index contributed by atoms with van der Waals surface area (Å²) in [5, 5.41) is 0. The van der Waals surface area contributed by atoms with Crippen molar-refractivity contribution in [3.8, 4) is 0 Å². The lowest BCUT2D eigenvalue weighted by atomic mass is 9.99. The number of thioether (sulfide) groups is 1. The van der Waals surface area contributed by atoms with Crippen LogP contribution in [0.5, 0.6) is 0 Å². The number of hydrogen-bond acceptors (Lipinski definition) is 3. The predicted molar refractivity (Wildman–Crippen MR) is 85.8 cm³/mol. The molecule has 1 aliphatic heterocycles. The van der Waals surface area contributed by atoms with Gasteiger partial charge in [0.25, 0.3) is 0 Å². The van der Waals surface area contributed by atoms with Crippen LogP contribution >= 0.6 is 11.8 Å². The Labute approximate surface area is 121 Å². The van der Waals surface area contributed by atoms with Crippen LogP contribution in [0.25, 0.3) is 0 Å². The molecule has 2 nitrogen and oxygen atoms in total. The van der Waals surface area contributed by atoms with Gasteiger partial charge in [0.15, 0.2) is 0 Å². The molecule has 106 valence electrons. The monoisotopic (exact) mass is 278 g/mol. The first kappa shape index (κ1) is 14.9. The summed E-state index contributed by atoms with van der Waals surface area (Å²) in [7, 11) is 0. The van der Waals surface area contributed by atoms with Gasteiger partial charge in [-0.05, 0) is 44.4 Å². The van der Waals surface area contributed by atoms with Crippen molar-refractivity contribution in [2.24, 2.45) is 5.73 Å². The molecule has 1 aliphatic rings. The fourth-order valence-corrected chi connectivity index (χ4v) is 3.92. The van der Waals surface area contributed by atoms with Crippen LogP contribution in [-0.4, -0.2) is 35.0 Å². The maximum atomic E-state index is 6.06. The van der Waals surface area contributed by atoms with Crippen molar-refractivity contribution in [3.63, 3.8) is 0 Å². The van der Waals surface area contributed by atoms with Crippen molar-refractivity contribution < 1.29 is 0 Å². The normalized spacial score (nSPS) is 21.3. The summed E-state index contributed by atoms with van der Waals surface area (Å²) >= 11 is 2.07. The van der Waals surface area contributed by atoms with E-state index >= 15 is 0 Å². The van der Waals surface area contributed by atoms with Crippen LogP contribution in [0.2, 0.25) is 0 Å². The predicted octanol–water partition coefficient (Wildman–Crippen LogP) is 3.13. The summed E-state index contributed by atoms with van der Waals surface area (Å²) in [5.41, 5.74) is 10.2. The quantitative estimate of drug-likeness (QED) is 0.921. The van der Waals surface area contributed by atoms with Crippen molar-refractivity contribution in [2.75, 3.05) is 25.4 Å². The zero-order valence-electron chi connectivity index (χ0n) is 12.6. The summed E-state index contributed by atoms with van der Waals surface area (Å²) in [5.74, 6) is 1.20. The number of hydrogen-bond donors (Lipinski definition) is 1. The Bertz CT molecular complexity index is 442. The topological polar surface area (TPSA) is 29.3 Å². The minimum absolute atomic E-state index is 0.339. The molecule has 0 amide bonds. The lowest BCUT2D eigenvalue weighted by Crippen LogP contribution is -2.46. The van der Waals surface area contributed by atoms with Gasteiger partial charge in [0.2, 0.25) is 0 Å². The molecule has 3 heteroatoms. The van der Waals surface area contributed by atoms with Gasteiger partial charge in [-0.15, -0.1) is 0 Å². The summed E-state index contributed by atoms with van der Waals surface area (Å²) in [6.07, 6.45) is 0. The first-order valence-electron chi connectivity index (χ1n) is 7.08. The van der Waals surface area contributed by atoms with E-state index in [1.165, 1.54) is 22.4 Å². The maximum absolute atomic E-state index is 6.06. The molecule has 1 aromatic rings. The molecule has 1 unspecified atom stereocenters. The van der Waals surface area contributed by atoms with E-state index < -0.39 is 0 Å². The molecular weight excluding hydrogens is 252 g/mol. The van der Waals surface area contributed by atoms with Crippen LogP contribution in [0.4, 0.5) is 0 Å². The standard InChI is InChI=1S/C16H26N2S/c1-12-5-6-14(9-13(12)2)15(10-17)18-7-8-19-16(3,4)11-18/h5-6,9,15H,7-8,10-11,17H2,1-4H3. The van der Waals surface area contributed by atoms with Gasteiger partial charge in [-0.2, -0.15) is 11.8 Å². The van der Waals surface area contributed by atoms with Gasteiger partial charge in [0, 0.05) is 36.2 Å². The van der Waals surface area contributed by atoms with Crippen molar-refractivity contribution >= 4 is 11.8 Å². The Morgan fingerprint density at radius 2 is 2.05 bits per heavy atom. The molecule has 19 heavy (non-hydrogen) atoms. The first-order chi connectivity index (χ1) is 8.93. The van der Waals surface area contributed by atoms with Gasteiger partial charge in [0.1, 0.15) is 0 Å². The molecule has 0 radical (unpaired) electrons. The zero-order valence-corrected chi connectivity index (χ0v) is 13.4. The highest BCUT2D eigenvalue weighted by Crippen LogP contribution is 2.34. The maximum Gasteiger partial charge on any atom is 0.0471 e. The SMILES string of the molecule is Cc1ccc(C(CN)N2CCSC(C)(C)C2)cc1C. The van der Waals surface area contributed by atoms with E-state index in [4.69, 9.17) is 5.73 Å². The van der Waals surface area contributed by atoms with Crippen LogP contribution in [0.15, 0.2) is 18.2 Å². The van der Waals surface area contributed by atoms with E-state index in [0.717, 1.165) is 13.1 Å². The molecule has 1 aromatic carbocycles. The minimum atomic E-state index is 0.339. The van der Waals surface area contributed by atoms with Crippen LogP contribution in [-0.2, 0) is 0 Å². The Morgan fingerprint density at radius 1 is 1.32 bits per heavy atom. The highest BCUT2D eigenvalue weighted by Gasteiger charge is 2.31. The minimum Gasteiger partial charge on any atom is -0.329 e. The van der Waals surface area contributed by atoms with E-state index in [0.29, 0.717) is 17.3 Å². The Morgan fingerprint density at radius 3 is 2.63 bits per heavy atom. The van der Waals surface area contributed by atoms with Crippen molar-refractivity contribution in [1.82, 2.24) is 4.90 Å². The van der Waals surface area contributed by atoms with E-state index in [1.807, 2.05) is 0 Å². The van der Waals surface area contributed by atoms with Crippen molar-refractivity contribution in [1.29, 1.82) is 0 Å². The summed E-state index contributed by atoms with van der Waals surface area (Å²) in [4.78, 5) is 2.56. The second-order valence-corrected chi connectivity index (χ2v) is 7.98. The number of aryl methyl sites for hydroxylation is 2. The molecule has 2 N–H and O–H groups in total. The average Bonchev–Trinajstić information content (AvgIpc) is 2.33. The Balaban J connectivity index is 2.21. The number of benzene rings is 1. The van der Waals surface area contributed by atoms with E-state index in [-0.39, 0.29) is 0 Å². The van der Waals surface area contributed by atoms with Crippen LogP contribution in [0.3, 0.4) is 0 Å². The van der Waals surface area contributed by atoms with Crippen LogP contribution in [0.1, 0.15) is 36.6 Å². The van der Waals surface area contributed by atoms with Gasteiger partial charge in [-0.1, -0.05) is 18.2 Å². The highest BCUT2D eigenvalue weighted by molar-refractivity contribution is 8.00.